The van der Waals surface area contributed by atoms with Crippen LogP contribution in [-0.2, 0) is 9.59 Å². The monoisotopic (exact) mass is 430 g/mol. The molecule has 2 amide bonds. The number of carbonyl (C=O) groups excluding carboxylic acids is 2. The van der Waals surface area contributed by atoms with Crippen LogP contribution < -0.4 is 10.2 Å². The van der Waals surface area contributed by atoms with Gasteiger partial charge in [-0.2, -0.15) is 4.98 Å². The maximum Gasteiger partial charge on any atom is 0.230 e. The molecule has 7 nitrogen and oxygen atoms in total. The van der Waals surface area contributed by atoms with Gasteiger partial charge in [-0.3, -0.25) is 9.59 Å². The summed E-state index contributed by atoms with van der Waals surface area (Å²) in [6.07, 6.45) is 4.80. The Morgan fingerprint density at radius 1 is 1.12 bits per heavy atom. The minimum atomic E-state index is -0.397. The predicted molar refractivity (Wildman–Crippen MR) is 121 cm³/mol. The molecule has 1 aliphatic carbocycles. The first kappa shape index (κ1) is 20.4. The standard InChI is InChI=1S/C25H26N4O3/c1-16-9-11-21(12-10-16)29-15-19(14-22(29)30)24(31)26-20-8-4-7-18(13-20)23-27-25(32-28-23)17-5-2-3-6-17/h4,7-13,17,19H,2-3,5-6,14-15H2,1H3,(H,26,31)/t19-/m1/s1. The third-order valence-corrected chi connectivity index (χ3v) is 6.38. The van der Waals surface area contributed by atoms with Crippen LogP contribution in [0.15, 0.2) is 53.1 Å². The number of aromatic nitrogens is 2. The molecule has 0 bridgehead atoms. The van der Waals surface area contributed by atoms with E-state index in [0.717, 1.165) is 29.7 Å². The number of anilines is 2. The zero-order chi connectivity index (χ0) is 22.1. The number of nitrogens with zero attached hydrogens (tertiary/aromatic N) is 3. The predicted octanol–water partition coefficient (Wildman–Crippen LogP) is 4.69. The van der Waals surface area contributed by atoms with Gasteiger partial charge in [0.25, 0.3) is 0 Å². The Kier molecular flexibility index (Phi) is 5.47. The molecule has 2 fully saturated rings. The Hall–Kier alpha value is -3.48. The quantitative estimate of drug-likeness (QED) is 0.634. The largest absolute Gasteiger partial charge is 0.339 e. The first-order valence-corrected chi connectivity index (χ1v) is 11.2. The lowest BCUT2D eigenvalue weighted by atomic mass is 10.1. The summed E-state index contributed by atoms with van der Waals surface area (Å²) in [5.74, 6) is 0.998. The van der Waals surface area contributed by atoms with Gasteiger partial charge in [-0.1, -0.05) is 47.8 Å². The molecule has 5 rings (SSSR count). The molecule has 1 N–H and O–H groups in total. The summed E-state index contributed by atoms with van der Waals surface area (Å²) in [6, 6.07) is 15.2. The van der Waals surface area contributed by atoms with Gasteiger partial charge in [-0.15, -0.1) is 0 Å². The molecule has 1 aliphatic heterocycles. The average Bonchev–Trinajstić information content (AvgIpc) is 3.55. The number of aryl methyl sites for hydroxylation is 1. The smallest absolute Gasteiger partial charge is 0.230 e. The van der Waals surface area contributed by atoms with Crippen molar-refractivity contribution in [3.63, 3.8) is 0 Å². The van der Waals surface area contributed by atoms with Crippen LogP contribution in [0.1, 0.15) is 49.5 Å². The average molecular weight is 431 g/mol. The minimum Gasteiger partial charge on any atom is -0.339 e. The van der Waals surface area contributed by atoms with Crippen molar-refractivity contribution in [2.24, 2.45) is 5.92 Å². The van der Waals surface area contributed by atoms with E-state index < -0.39 is 5.92 Å². The first-order chi connectivity index (χ1) is 15.6. The highest BCUT2D eigenvalue weighted by molar-refractivity contribution is 6.03. The molecule has 3 aromatic rings. The number of nitrogens with one attached hydrogen (secondary N) is 1. The van der Waals surface area contributed by atoms with Gasteiger partial charge in [0.15, 0.2) is 0 Å². The van der Waals surface area contributed by atoms with E-state index in [1.807, 2.05) is 55.5 Å². The summed E-state index contributed by atoms with van der Waals surface area (Å²) in [6.45, 7) is 2.38. The number of hydrogen-bond acceptors (Lipinski definition) is 5. The molecule has 0 spiro atoms. The molecule has 1 saturated heterocycles. The topological polar surface area (TPSA) is 88.3 Å². The molecule has 32 heavy (non-hydrogen) atoms. The van der Waals surface area contributed by atoms with Gasteiger partial charge in [0.05, 0.1) is 5.92 Å². The fraction of sp³-hybridized carbons (Fsp3) is 0.360. The van der Waals surface area contributed by atoms with Crippen LogP contribution in [0, 0.1) is 12.8 Å². The van der Waals surface area contributed by atoms with E-state index in [9.17, 15) is 9.59 Å². The van der Waals surface area contributed by atoms with Crippen LogP contribution in [0.2, 0.25) is 0 Å². The van der Waals surface area contributed by atoms with E-state index in [4.69, 9.17) is 4.52 Å². The summed E-state index contributed by atoms with van der Waals surface area (Å²) >= 11 is 0. The van der Waals surface area contributed by atoms with Gasteiger partial charge in [-0.05, 0) is 44.0 Å². The Balaban J connectivity index is 1.26. The molecule has 0 unspecified atom stereocenters. The van der Waals surface area contributed by atoms with Gasteiger partial charge in [-0.25, -0.2) is 0 Å². The van der Waals surface area contributed by atoms with Crippen molar-refractivity contribution in [3.8, 4) is 11.4 Å². The van der Waals surface area contributed by atoms with E-state index in [1.54, 1.807) is 4.90 Å². The Morgan fingerprint density at radius 3 is 2.69 bits per heavy atom. The minimum absolute atomic E-state index is 0.0333. The first-order valence-electron chi connectivity index (χ1n) is 11.2. The lowest BCUT2D eigenvalue weighted by Crippen LogP contribution is -2.28. The van der Waals surface area contributed by atoms with Crippen molar-refractivity contribution >= 4 is 23.2 Å². The molecule has 2 aromatic carbocycles. The summed E-state index contributed by atoms with van der Waals surface area (Å²) < 4.78 is 5.49. The molecule has 1 saturated carbocycles. The Labute approximate surface area is 186 Å². The number of benzene rings is 2. The van der Waals surface area contributed by atoms with Crippen LogP contribution in [0.5, 0.6) is 0 Å². The van der Waals surface area contributed by atoms with Crippen LogP contribution in [-0.4, -0.2) is 28.5 Å². The fourth-order valence-electron chi connectivity index (χ4n) is 4.53. The van der Waals surface area contributed by atoms with E-state index >= 15 is 0 Å². The number of amides is 2. The highest BCUT2D eigenvalue weighted by Gasteiger charge is 2.35. The molecule has 0 radical (unpaired) electrons. The summed E-state index contributed by atoms with van der Waals surface area (Å²) in [7, 11) is 0. The van der Waals surface area contributed by atoms with Gasteiger partial charge in [0, 0.05) is 35.8 Å². The molecule has 2 aliphatic rings. The molecular formula is C25H26N4O3. The third kappa shape index (κ3) is 4.15. The molecular weight excluding hydrogens is 404 g/mol. The van der Waals surface area contributed by atoms with Crippen molar-refractivity contribution in [2.75, 3.05) is 16.8 Å². The van der Waals surface area contributed by atoms with Gasteiger partial charge in [0.2, 0.25) is 23.5 Å². The summed E-state index contributed by atoms with van der Waals surface area (Å²) in [5, 5.41) is 7.09. The number of rotatable bonds is 5. The molecule has 1 aromatic heterocycles. The highest BCUT2D eigenvalue weighted by atomic mass is 16.5. The normalized spacial score (nSPS) is 19.0. The second-order valence-electron chi connectivity index (χ2n) is 8.75. The van der Waals surface area contributed by atoms with Crippen molar-refractivity contribution in [1.82, 2.24) is 10.1 Å². The van der Waals surface area contributed by atoms with Gasteiger partial charge < -0.3 is 14.7 Å². The third-order valence-electron chi connectivity index (χ3n) is 6.38. The molecule has 1 atom stereocenters. The number of hydrogen-bond donors (Lipinski definition) is 1. The zero-order valence-electron chi connectivity index (χ0n) is 18.1. The Bertz CT molecular complexity index is 1130. The second kappa shape index (κ2) is 8.57. The fourth-order valence-corrected chi connectivity index (χ4v) is 4.53. The van der Waals surface area contributed by atoms with Crippen molar-refractivity contribution < 1.29 is 14.1 Å². The summed E-state index contributed by atoms with van der Waals surface area (Å²) in [4.78, 5) is 31.6. The highest BCUT2D eigenvalue weighted by Crippen LogP contribution is 2.34. The SMILES string of the molecule is Cc1ccc(N2C[C@H](C(=O)Nc3cccc(-c4noc(C5CCCC5)n4)c3)CC2=O)cc1. The van der Waals surface area contributed by atoms with E-state index in [-0.39, 0.29) is 18.2 Å². The maximum absolute atomic E-state index is 12.9. The lowest BCUT2D eigenvalue weighted by Gasteiger charge is -2.17. The van der Waals surface area contributed by atoms with Crippen molar-refractivity contribution in [1.29, 1.82) is 0 Å². The van der Waals surface area contributed by atoms with Crippen LogP contribution in [0.3, 0.4) is 0 Å². The maximum atomic E-state index is 12.9. The number of carbonyl (C=O) groups is 2. The molecule has 164 valence electrons. The van der Waals surface area contributed by atoms with Crippen molar-refractivity contribution in [3.05, 3.63) is 60.0 Å². The van der Waals surface area contributed by atoms with E-state index in [0.29, 0.717) is 29.9 Å². The molecule has 7 heteroatoms. The van der Waals surface area contributed by atoms with Gasteiger partial charge in [0.1, 0.15) is 0 Å². The van der Waals surface area contributed by atoms with Crippen LogP contribution >= 0.6 is 0 Å². The van der Waals surface area contributed by atoms with Gasteiger partial charge >= 0.3 is 0 Å². The second-order valence-corrected chi connectivity index (χ2v) is 8.75. The zero-order valence-corrected chi connectivity index (χ0v) is 18.1. The van der Waals surface area contributed by atoms with Crippen LogP contribution in [0.25, 0.3) is 11.4 Å². The lowest BCUT2D eigenvalue weighted by molar-refractivity contribution is -0.122. The van der Waals surface area contributed by atoms with Crippen molar-refractivity contribution in [2.45, 2.75) is 44.9 Å². The van der Waals surface area contributed by atoms with E-state index in [2.05, 4.69) is 15.5 Å². The van der Waals surface area contributed by atoms with Crippen LogP contribution in [0.4, 0.5) is 11.4 Å². The Morgan fingerprint density at radius 2 is 1.91 bits per heavy atom. The van der Waals surface area contributed by atoms with E-state index in [1.165, 1.54) is 12.8 Å². The summed E-state index contributed by atoms with van der Waals surface area (Å²) in [5.41, 5.74) is 3.40. The molecule has 2 heterocycles.